The van der Waals surface area contributed by atoms with Crippen molar-refractivity contribution in [1.29, 1.82) is 0 Å². The van der Waals surface area contributed by atoms with Gasteiger partial charge in [-0.2, -0.15) is 0 Å². The predicted molar refractivity (Wildman–Crippen MR) is 129 cm³/mol. The van der Waals surface area contributed by atoms with Crippen molar-refractivity contribution in [2.75, 3.05) is 5.32 Å². The third kappa shape index (κ3) is 3.91. The Labute approximate surface area is 194 Å². The van der Waals surface area contributed by atoms with Gasteiger partial charge >= 0.3 is 0 Å². The first-order chi connectivity index (χ1) is 15.6. The fourth-order valence-corrected chi connectivity index (χ4v) is 5.36. The van der Waals surface area contributed by atoms with Gasteiger partial charge in [-0.1, -0.05) is 80.2 Å². The van der Waals surface area contributed by atoms with Gasteiger partial charge in [-0.3, -0.25) is 4.79 Å². The molecule has 2 aromatic carbocycles. The van der Waals surface area contributed by atoms with Crippen LogP contribution in [0.3, 0.4) is 0 Å². The van der Waals surface area contributed by atoms with E-state index in [2.05, 4.69) is 39.6 Å². The Kier molecular flexibility index (Phi) is 5.71. The van der Waals surface area contributed by atoms with Crippen molar-refractivity contribution < 1.29 is 4.79 Å². The number of fused-ring (bicyclic) bond motifs is 3. The molecule has 0 saturated heterocycles. The van der Waals surface area contributed by atoms with Crippen LogP contribution in [0.1, 0.15) is 37.4 Å². The lowest BCUT2D eigenvalue weighted by atomic mass is 10.0. The van der Waals surface area contributed by atoms with Crippen LogP contribution < -0.4 is 5.32 Å². The van der Waals surface area contributed by atoms with Gasteiger partial charge in [-0.15, -0.1) is 21.5 Å². The largest absolute Gasteiger partial charge is 0.301 e. The summed E-state index contributed by atoms with van der Waals surface area (Å²) in [6.07, 6.45) is 0.643. The van der Waals surface area contributed by atoms with Gasteiger partial charge in [-0.05, 0) is 12.0 Å². The SMILES string of the molecule is CCC(Sc1nnc2c(n1)C(C)c1ccccc1-2)C(=O)Nc1nc(-c2ccccc2)cs1. The number of benzene rings is 2. The van der Waals surface area contributed by atoms with E-state index in [9.17, 15) is 4.79 Å². The standard InChI is InChI=1S/C24H21N5OS2/c1-3-19(22(30)27-23-25-18(13-31-23)15-9-5-4-6-10-15)32-24-26-20-14(2)16-11-7-8-12-17(16)21(20)28-29-24/h4-14,19H,3H2,1-2H3,(H,25,27,30). The topological polar surface area (TPSA) is 80.7 Å². The van der Waals surface area contributed by atoms with E-state index in [0.717, 1.165) is 28.2 Å². The summed E-state index contributed by atoms with van der Waals surface area (Å²) in [5.74, 6) is 0.0589. The number of nitrogens with zero attached hydrogens (tertiary/aromatic N) is 4. The van der Waals surface area contributed by atoms with Crippen molar-refractivity contribution in [3.63, 3.8) is 0 Å². The van der Waals surface area contributed by atoms with E-state index in [0.29, 0.717) is 16.7 Å². The quantitative estimate of drug-likeness (QED) is 0.376. The van der Waals surface area contributed by atoms with Gasteiger partial charge in [0.15, 0.2) is 5.13 Å². The Balaban J connectivity index is 1.30. The number of thioether (sulfide) groups is 1. The summed E-state index contributed by atoms with van der Waals surface area (Å²) >= 11 is 2.77. The lowest BCUT2D eigenvalue weighted by molar-refractivity contribution is -0.115. The predicted octanol–water partition coefficient (Wildman–Crippen LogP) is 5.64. The summed E-state index contributed by atoms with van der Waals surface area (Å²) in [5, 5.41) is 14.4. The third-order valence-corrected chi connectivity index (χ3v) is 7.48. The molecule has 160 valence electrons. The molecule has 0 fully saturated rings. The molecule has 5 rings (SSSR count). The molecular formula is C24H21N5OS2. The lowest BCUT2D eigenvalue weighted by Gasteiger charge is -2.13. The second kappa shape index (κ2) is 8.80. The van der Waals surface area contributed by atoms with E-state index in [1.54, 1.807) is 0 Å². The highest BCUT2D eigenvalue weighted by atomic mass is 32.2. The lowest BCUT2D eigenvalue weighted by Crippen LogP contribution is -2.25. The second-order valence-corrected chi connectivity index (χ2v) is 9.57. The van der Waals surface area contributed by atoms with Crippen LogP contribution >= 0.6 is 23.1 Å². The summed E-state index contributed by atoms with van der Waals surface area (Å²) in [7, 11) is 0. The second-order valence-electron chi connectivity index (χ2n) is 7.55. The Morgan fingerprint density at radius 1 is 1.09 bits per heavy atom. The maximum Gasteiger partial charge on any atom is 0.239 e. The minimum absolute atomic E-state index is 0.105. The molecular weight excluding hydrogens is 438 g/mol. The van der Waals surface area contributed by atoms with Crippen LogP contribution in [0.15, 0.2) is 65.1 Å². The van der Waals surface area contributed by atoms with Crippen molar-refractivity contribution in [3.05, 3.63) is 71.2 Å². The van der Waals surface area contributed by atoms with Crippen LogP contribution in [0, 0.1) is 0 Å². The summed E-state index contributed by atoms with van der Waals surface area (Å²) < 4.78 is 0. The van der Waals surface area contributed by atoms with Crippen LogP contribution in [-0.4, -0.2) is 31.3 Å². The number of thiazole rings is 1. The molecule has 32 heavy (non-hydrogen) atoms. The number of rotatable bonds is 6. The summed E-state index contributed by atoms with van der Waals surface area (Å²) in [6, 6.07) is 18.1. The van der Waals surface area contributed by atoms with Gasteiger partial charge < -0.3 is 5.32 Å². The molecule has 1 aliphatic rings. The fourth-order valence-electron chi connectivity index (χ4n) is 3.81. The smallest absolute Gasteiger partial charge is 0.239 e. The number of hydrogen-bond donors (Lipinski definition) is 1. The normalized spacial score (nSPS) is 15.1. The van der Waals surface area contributed by atoms with E-state index in [1.807, 2.05) is 54.8 Å². The van der Waals surface area contributed by atoms with Crippen LogP contribution in [0.2, 0.25) is 0 Å². The van der Waals surface area contributed by atoms with Crippen molar-refractivity contribution in [2.45, 2.75) is 36.6 Å². The number of amides is 1. The van der Waals surface area contributed by atoms with Gasteiger partial charge in [0, 0.05) is 22.4 Å². The number of carbonyl (C=O) groups is 1. The molecule has 2 atom stereocenters. The molecule has 4 aromatic rings. The highest BCUT2D eigenvalue weighted by Gasteiger charge is 2.30. The Hall–Kier alpha value is -3.10. The maximum absolute atomic E-state index is 12.9. The number of aromatic nitrogens is 4. The molecule has 1 N–H and O–H groups in total. The van der Waals surface area contributed by atoms with Crippen molar-refractivity contribution in [1.82, 2.24) is 20.2 Å². The molecule has 0 saturated carbocycles. The zero-order chi connectivity index (χ0) is 22.1. The number of carbonyl (C=O) groups excluding carboxylic acids is 1. The van der Waals surface area contributed by atoms with Gasteiger partial charge in [0.2, 0.25) is 11.1 Å². The minimum atomic E-state index is -0.335. The third-order valence-electron chi connectivity index (χ3n) is 5.50. The van der Waals surface area contributed by atoms with Crippen LogP contribution in [-0.2, 0) is 4.79 Å². The van der Waals surface area contributed by atoms with Gasteiger partial charge in [0.25, 0.3) is 0 Å². The van der Waals surface area contributed by atoms with Gasteiger partial charge in [0.1, 0.15) is 5.69 Å². The van der Waals surface area contributed by atoms with Crippen LogP contribution in [0.4, 0.5) is 5.13 Å². The van der Waals surface area contributed by atoms with E-state index in [4.69, 9.17) is 4.98 Å². The molecule has 6 nitrogen and oxygen atoms in total. The van der Waals surface area contributed by atoms with Gasteiger partial charge in [-0.25, -0.2) is 9.97 Å². The Bertz CT molecular complexity index is 1270. The maximum atomic E-state index is 12.9. The minimum Gasteiger partial charge on any atom is -0.301 e. The summed E-state index contributed by atoms with van der Waals surface area (Å²) in [4.78, 5) is 22.3. The van der Waals surface area contributed by atoms with E-state index in [-0.39, 0.29) is 17.1 Å². The molecule has 2 unspecified atom stereocenters. The monoisotopic (exact) mass is 459 g/mol. The zero-order valence-corrected chi connectivity index (χ0v) is 19.3. The Morgan fingerprint density at radius 3 is 2.69 bits per heavy atom. The molecule has 1 amide bonds. The number of nitrogens with one attached hydrogen (secondary N) is 1. The molecule has 2 aromatic heterocycles. The first-order valence-electron chi connectivity index (χ1n) is 10.5. The van der Waals surface area contributed by atoms with Gasteiger partial charge in [0.05, 0.1) is 16.6 Å². The first-order valence-corrected chi connectivity index (χ1v) is 12.2. The highest BCUT2D eigenvalue weighted by Crippen LogP contribution is 2.42. The Morgan fingerprint density at radius 2 is 1.88 bits per heavy atom. The molecule has 0 bridgehead atoms. The van der Waals surface area contributed by atoms with Crippen LogP contribution in [0.5, 0.6) is 0 Å². The van der Waals surface area contributed by atoms with Crippen molar-refractivity contribution in [3.8, 4) is 22.5 Å². The van der Waals surface area contributed by atoms with E-state index >= 15 is 0 Å². The first kappa shape index (κ1) is 20.8. The molecule has 1 aliphatic carbocycles. The summed E-state index contributed by atoms with van der Waals surface area (Å²) in [5.41, 5.74) is 5.95. The summed E-state index contributed by atoms with van der Waals surface area (Å²) in [6.45, 7) is 4.11. The number of hydrogen-bond acceptors (Lipinski definition) is 7. The average Bonchev–Trinajstić information content (AvgIpc) is 3.41. The van der Waals surface area contributed by atoms with E-state index < -0.39 is 0 Å². The molecule has 0 spiro atoms. The van der Waals surface area contributed by atoms with Crippen molar-refractivity contribution in [2.24, 2.45) is 0 Å². The molecule has 2 heterocycles. The molecule has 0 aliphatic heterocycles. The van der Waals surface area contributed by atoms with Crippen molar-refractivity contribution >= 4 is 34.1 Å². The zero-order valence-electron chi connectivity index (χ0n) is 17.6. The highest BCUT2D eigenvalue weighted by molar-refractivity contribution is 8.00. The number of anilines is 1. The fraction of sp³-hybridized carbons (Fsp3) is 0.208. The average molecular weight is 460 g/mol. The molecule has 8 heteroatoms. The van der Waals surface area contributed by atoms with Crippen LogP contribution in [0.25, 0.3) is 22.5 Å². The van der Waals surface area contributed by atoms with E-state index in [1.165, 1.54) is 28.7 Å². The molecule has 0 radical (unpaired) electrons.